The molecule has 0 rings (SSSR count). The summed E-state index contributed by atoms with van der Waals surface area (Å²) in [6.45, 7) is 8.19. The molecule has 160 valence electrons. The Kier molecular flexibility index (Phi) is 12.1. The summed E-state index contributed by atoms with van der Waals surface area (Å²) in [5.74, 6) is 3.91. The van der Waals surface area contributed by atoms with Crippen molar-refractivity contribution in [2.24, 2.45) is 10.8 Å². The van der Waals surface area contributed by atoms with Gasteiger partial charge in [-0.2, -0.15) is 31.9 Å². The molecule has 0 atom stereocenters. The first-order valence-corrected chi connectivity index (χ1v) is 14.3. The highest BCUT2D eigenvalue weighted by Crippen LogP contribution is 2.38. The van der Waals surface area contributed by atoms with Crippen LogP contribution in [0.5, 0.6) is 0 Å². The molecule has 6 nitrogen and oxygen atoms in total. The van der Waals surface area contributed by atoms with Crippen LogP contribution in [-0.4, -0.2) is 61.1 Å². The van der Waals surface area contributed by atoms with E-state index in [2.05, 4.69) is 13.8 Å². The average molecular weight is 453 g/mol. The molecular formula is C16H36O6S4. The van der Waals surface area contributed by atoms with Crippen LogP contribution in [0.3, 0.4) is 0 Å². The van der Waals surface area contributed by atoms with E-state index >= 15 is 0 Å². The average Bonchev–Trinajstić information content (AvgIpc) is 2.45. The van der Waals surface area contributed by atoms with Crippen LogP contribution in [0.15, 0.2) is 0 Å². The van der Waals surface area contributed by atoms with Crippen molar-refractivity contribution in [1.82, 2.24) is 0 Å². The minimum atomic E-state index is -3.88. The minimum absolute atomic E-state index is 0.0242. The lowest BCUT2D eigenvalue weighted by atomic mass is 9.87. The Hall–Kier alpha value is 0.840. The SMILES string of the molecule is CC(C)(CCSCCSCCC(C)(C)CCS(=O)(=O)O)CCS(O)(O)O. The quantitative estimate of drug-likeness (QED) is 0.198. The van der Waals surface area contributed by atoms with Gasteiger partial charge in [0.15, 0.2) is 0 Å². The Labute approximate surface area is 169 Å². The summed E-state index contributed by atoms with van der Waals surface area (Å²) >= 11 is 3.73. The Balaban J connectivity index is 3.72. The molecule has 0 unspecified atom stereocenters. The molecule has 4 N–H and O–H groups in total. The number of thioether (sulfide) groups is 2. The van der Waals surface area contributed by atoms with Gasteiger partial charge in [-0.05, 0) is 48.0 Å². The third-order valence-electron chi connectivity index (χ3n) is 4.31. The van der Waals surface area contributed by atoms with E-state index in [-0.39, 0.29) is 22.3 Å². The van der Waals surface area contributed by atoms with Gasteiger partial charge < -0.3 is 13.7 Å². The maximum Gasteiger partial charge on any atom is 0.264 e. The predicted octanol–water partition coefficient (Wildman–Crippen LogP) is 5.18. The monoisotopic (exact) mass is 452 g/mol. The molecule has 0 aliphatic carbocycles. The molecule has 0 saturated carbocycles. The predicted molar refractivity (Wildman–Crippen MR) is 117 cm³/mol. The van der Waals surface area contributed by atoms with Crippen LogP contribution in [0, 0.1) is 10.8 Å². The van der Waals surface area contributed by atoms with Gasteiger partial charge in [0, 0.05) is 17.3 Å². The summed E-state index contributed by atoms with van der Waals surface area (Å²) in [6, 6.07) is 0. The van der Waals surface area contributed by atoms with Crippen LogP contribution >= 0.6 is 34.4 Å². The molecule has 0 spiro atoms. The summed E-state index contributed by atoms with van der Waals surface area (Å²) in [5, 5.41) is 0. The van der Waals surface area contributed by atoms with Gasteiger partial charge in [0.05, 0.1) is 16.6 Å². The van der Waals surface area contributed by atoms with E-state index in [1.54, 1.807) is 0 Å². The topological polar surface area (TPSA) is 115 Å². The van der Waals surface area contributed by atoms with Crippen LogP contribution in [0.25, 0.3) is 0 Å². The van der Waals surface area contributed by atoms with Crippen molar-refractivity contribution in [2.75, 3.05) is 34.5 Å². The largest absolute Gasteiger partial charge is 0.308 e. The zero-order valence-electron chi connectivity index (χ0n) is 16.3. The number of hydrogen-bond donors (Lipinski definition) is 4. The first kappa shape index (κ1) is 26.8. The second kappa shape index (κ2) is 11.7. The van der Waals surface area contributed by atoms with Crippen LogP contribution in [0.4, 0.5) is 0 Å². The van der Waals surface area contributed by atoms with Gasteiger partial charge in [0.2, 0.25) is 0 Å². The zero-order chi connectivity index (χ0) is 20.5. The van der Waals surface area contributed by atoms with E-state index in [9.17, 15) is 8.42 Å². The van der Waals surface area contributed by atoms with Gasteiger partial charge in [-0.3, -0.25) is 4.55 Å². The highest BCUT2D eigenvalue weighted by atomic mass is 32.3. The maximum atomic E-state index is 10.8. The fourth-order valence-electron chi connectivity index (χ4n) is 2.09. The molecule has 0 heterocycles. The zero-order valence-corrected chi connectivity index (χ0v) is 19.6. The standard InChI is InChI=1S/C16H36O6S4/c1-15(2,7-13-25(17,18)19)5-9-23-11-12-24-10-6-16(3,4)8-14-26(20,21)22/h17-19H,5-14H2,1-4H3,(H,20,21,22). The summed E-state index contributed by atoms with van der Waals surface area (Å²) in [6.07, 6.45) is 2.92. The minimum Gasteiger partial charge on any atom is -0.308 e. The van der Waals surface area contributed by atoms with Crippen molar-refractivity contribution < 1.29 is 26.6 Å². The van der Waals surface area contributed by atoms with Gasteiger partial charge in [-0.1, -0.05) is 27.7 Å². The summed E-state index contributed by atoms with van der Waals surface area (Å²) in [4.78, 5) is 0. The van der Waals surface area contributed by atoms with E-state index in [0.29, 0.717) is 12.8 Å². The van der Waals surface area contributed by atoms with E-state index in [1.165, 1.54) is 0 Å². The smallest absolute Gasteiger partial charge is 0.264 e. The van der Waals surface area contributed by atoms with Gasteiger partial charge in [-0.15, -0.1) is 0 Å². The molecule has 0 bridgehead atoms. The van der Waals surface area contributed by atoms with Crippen molar-refractivity contribution in [2.45, 2.75) is 53.4 Å². The molecule has 0 aromatic heterocycles. The lowest BCUT2D eigenvalue weighted by Crippen LogP contribution is -2.18. The van der Waals surface area contributed by atoms with Crippen LogP contribution in [0.2, 0.25) is 0 Å². The highest BCUT2D eigenvalue weighted by molar-refractivity contribution is 8.19. The molecule has 0 aromatic rings. The summed E-state index contributed by atoms with van der Waals surface area (Å²) in [7, 11) is -7.26. The second-order valence-electron chi connectivity index (χ2n) is 8.18. The fourth-order valence-corrected chi connectivity index (χ4v) is 6.47. The summed E-state index contributed by atoms with van der Waals surface area (Å²) < 4.78 is 57.6. The Morgan fingerprint density at radius 1 is 0.654 bits per heavy atom. The molecule has 0 fully saturated rings. The second-order valence-corrected chi connectivity index (χ2v) is 13.9. The Bertz CT molecular complexity index is 485. The molecule has 0 aliphatic heterocycles. The number of rotatable bonds is 15. The third kappa shape index (κ3) is 18.2. The third-order valence-corrected chi connectivity index (χ3v) is 8.01. The normalized spacial score (nSPS) is 14.6. The lowest BCUT2D eigenvalue weighted by Gasteiger charge is -2.28. The van der Waals surface area contributed by atoms with Crippen molar-refractivity contribution in [3.63, 3.8) is 0 Å². The van der Waals surface area contributed by atoms with Crippen molar-refractivity contribution in [3.8, 4) is 0 Å². The van der Waals surface area contributed by atoms with Gasteiger partial charge in [0.25, 0.3) is 10.1 Å². The van der Waals surface area contributed by atoms with Crippen molar-refractivity contribution >= 4 is 44.5 Å². The van der Waals surface area contributed by atoms with E-state index < -0.39 is 21.0 Å². The van der Waals surface area contributed by atoms with E-state index in [4.69, 9.17) is 18.2 Å². The molecule has 10 heteroatoms. The van der Waals surface area contributed by atoms with E-state index in [1.807, 2.05) is 37.4 Å². The summed E-state index contributed by atoms with van der Waals surface area (Å²) in [5.41, 5.74) is -0.118. The molecule has 0 radical (unpaired) electrons. The Morgan fingerprint density at radius 2 is 1.04 bits per heavy atom. The molecule has 0 amide bonds. The Morgan fingerprint density at radius 3 is 1.38 bits per heavy atom. The molecule has 0 aliphatic rings. The lowest BCUT2D eigenvalue weighted by molar-refractivity contribution is 0.319. The van der Waals surface area contributed by atoms with Crippen molar-refractivity contribution in [1.29, 1.82) is 0 Å². The fraction of sp³-hybridized carbons (Fsp3) is 1.00. The van der Waals surface area contributed by atoms with Gasteiger partial charge in [-0.25, -0.2) is 0 Å². The van der Waals surface area contributed by atoms with Crippen LogP contribution < -0.4 is 0 Å². The molecule has 0 saturated heterocycles. The van der Waals surface area contributed by atoms with Gasteiger partial charge in [0.1, 0.15) is 0 Å². The molecule has 0 aromatic carbocycles. The molecular weight excluding hydrogens is 416 g/mol. The van der Waals surface area contributed by atoms with Crippen LogP contribution in [0.1, 0.15) is 53.4 Å². The first-order valence-electron chi connectivity index (χ1n) is 8.71. The first-order chi connectivity index (χ1) is 11.6. The van der Waals surface area contributed by atoms with E-state index in [0.717, 1.165) is 35.9 Å². The maximum absolute atomic E-state index is 10.8. The van der Waals surface area contributed by atoms with Gasteiger partial charge >= 0.3 is 0 Å². The van der Waals surface area contributed by atoms with Crippen LogP contribution in [-0.2, 0) is 10.1 Å². The number of hydrogen-bond acceptors (Lipinski definition) is 7. The molecule has 26 heavy (non-hydrogen) atoms. The van der Waals surface area contributed by atoms with Crippen molar-refractivity contribution in [3.05, 3.63) is 0 Å². The highest BCUT2D eigenvalue weighted by Gasteiger charge is 2.22.